The summed E-state index contributed by atoms with van der Waals surface area (Å²) in [6.07, 6.45) is 2.33. The number of nitrogens with one attached hydrogen (secondary N) is 1. The average molecular weight is 842 g/mol. The Kier molecular flexibility index (Phi) is 10.1. The van der Waals surface area contributed by atoms with Crippen molar-refractivity contribution in [3.63, 3.8) is 0 Å². The molecule has 6 aliphatic carbocycles. The van der Waals surface area contributed by atoms with Crippen LogP contribution in [0.3, 0.4) is 0 Å². The molecule has 0 unspecified atom stereocenters. The van der Waals surface area contributed by atoms with Crippen LogP contribution in [0.1, 0.15) is 141 Å². The molecule has 5 N–H and O–H groups in total. The second-order valence-electron chi connectivity index (χ2n) is 19.2. The Labute approximate surface area is 354 Å². The van der Waals surface area contributed by atoms with E-state index in [9.17, 15) is 44.4 Å². The summed E-state index contributed by atoms with van der Waals surface area (Å²) in [6, 6.07) is 3.52. The van der Waals surface area contributed by atoms with E-state index in [0.717, 1.165) is 44.9 Å². The van der Waals surface area contributed by atoms with E-state index in [0.29, 0.717) is 24.2 Å². The van der Waals surface area contributed by atoms with Crippen LogP contribution in [0.25, 0.3) is 0 Å². The van der Waals surface area contributed by atoms with Crippen LogP contribution in [0.4, 0.5) is 4.79 Å². The van der Waals surface area contributed by atoms with Crippen LogP contribution in [0.15, 0.2) is 29.8 Å². The number of carbonyl (C=O) groups excluding carboxylic acids is 5. The molecule has 0 spiro atoms. The van der Waals surface area contributed by atoms with Gasteiger partial charge < -0.3 is 44.7 Å². The predicted octanol–water partition coefficient (Wildman–Crippen LogP) is 5.70. The number of Topliss-reactive ketones (excluding diaryl/α,β-unsaturated/α-hetero) is 1. The third-order valence-electron chi connectivity index (χ3n) is 16.2. The second kappa shape index (κ2) is 14.7. The van der Waals surface area contributed by atoms with Crippen molar-refractivity contribution in [3.05, 3.63) is 63.2 Å². The van der Waals surface area contributed by atoms with Crippen molar-refractivity contribution in [2.24, 2.45) is 28.6 Å². The van der Waals surface area contributed by atoms with E-state index in [4.69, 9.17) is 18.9 Å². The molecule has 2 aromatic carbocycles. The number of ketones is 4. The summed E-state index contributed by atoms with van der Waals surface area (Å²) >= 11 is 0. The lowest BCUT2D eigenvalue weighted by atomic mass is 9.47. The van der Waals surface area contributed by atoms with Crippen LogP contribution in [0, 0.1) is 28.6 Å². The van der Waals surface area contributed by atoms with Crippen LogP contribution in [0.5, 0.6) is 17.2 Å². The normalized spacial score (nSPS) is 37.5. The zero-order valence-electron chi connectivity index (χ0n) is 35.2. The quantitative estimate of drug-likeness (QED) is 0.189. The number of amides is 1. The number of phenols is 2. The van der Waals surface area contributed by atoms with Gasteiger partial charge >= 0.3 is 6.09 Å². The van der Waals surface area contributed by atoms with Crippen LogP contribution in [0.2, 0.25) is 0 Å². The zero-order chi connectivity index (χ0) is 43.5. The van der Waals surface area contributed by atoms with Crippen molar-refractivity contribution < 1.29 is 63.3 Å². The van der Waals surface area contributed by atoms with Gasteiger partial charge in [0.05, 0.1) is 42.0 Å². The highest BCUT2D eigenvalue weighted by molar-refractivity contribution is 6.31. The predicted molar refractivity (Wildman–Crippen MR) is 216 cm³/mol. The van der Waals surface area contributed by atoms with E-state index in [2.05, 4.69) is 19.2 Å². The molecular weight excluding hydrogens is 787 g/mol. The number of hydrogen-bond acceptors (Lipinski definition) is 13. The van der Waals surface area contributed by atoms with E-state index in [-0.39, 0.29) is 57.1 Å². The highest BCUT2D eigenvalue weighted by Gasteiger charge is 2.60. The Morgan fingerprint density at radius 3 is 2.43 bits per heavy atom. The summed E-state index contributed by atoms with van der Waals surface area (Å²) in [7, 11) is 1.34. The molecule has 1 aliphatic heterocycles. The average Bonchev–Trinajstić information content (AvgIpc) is 3.55. The van der Waals surface area contributed by atoms with Gasteiger partial charge in [-0.15, -0.1) is 0 Å². The molecule has 4 fully saturated rings. The zero-order valence-corrected chi connectivity index (χ0v) is 35.2. The van der Waals surface area contributed by atoms with E-state index >= 15 is 0 Å². The molecule has 14 heteroatoms. The largest absolute Gasteiger partial charge is 0.507 e. The maximum absolute atomic E-state index is 14.0. The van der Waals surface area contributed by atoms with Crippen molar-refractivity contribution in [1.82, 2.24) is 5.32 Å². The van der Waals surface area contributed by atoms with Gasteiger partial charge in [-0.3, -0.25) is 19.2 Å². The second-order valence-corrected chi connectivity index (χ2v) is 19.2. The lowest BCUT2D eigenvalue weighted by Gasteiger charge is -2.57. The van der Waals surface area contributed by atoms with Gasteiger partial charge in [0, 0.05) is 47.8 Å². The maximum Gasteiger partial charge on any atom is 0.407 e. The Bertz CT molecular complexity index is 2280. The van der Waals surface area contributed by atoms with Gasteiger partial charge in [0.2, 0.25) is 5.78 Å². The van der Waals surface area contributed by atoms with Crippen molar-refractivity contribution >= 4 is 29.2 Å². The molecule has 0 bridgehead atoms. The van der Waals surface area contributed by atoms with Crippen LogP contribution in [-0.4, -0.2) is 93.0 Å². The minimum Gasteiger partial charge on any atom is -0.507 e. The van der Waals surface area contributed by atoms with E-state index in [1.807, 2.05) is 6.08 Å². The van der Waals surface area contributed by atoms with Gasteiger partial charge in [-0.1, -0.05) is 31.6 Å². The highest BCUT2D eigenvalue weighted by atomic mass is 16.7. The molecule has 61 heavy (non-hydrogen) atoms. The third kappa shape index (κ3) is 6.37. The number of alkyl carbamates (subject to hydrolysis) is 1. The number of phenolic OH excluding ortho intramolecular Hbond substituents is 2. The number of aliphatic hydroxyl groups is 2. The fourth-order valence-electron chi connectivity index (χ4n) is 12.8. The van der Waals surface area contributed by atoms with Gasteiger partial charge in [-0.2, -0.15) is 0 Å². The SMILES string of the molecule is COc1cccc2c1C(=O)c1c(O)c3c(c(O)c1C2=O)C[C@@](O)(C(C)=O)C[C@@H]3O[C@H]1C[C@H](NC(=O)O[C@H]2CC[C@H]3[C@@H]4CCC5=CC(=O)CC[C@]5(C)[C@H]4CC[C@]23C)[C@H](O)[C@H](C)O1. The first-order valence-corrected chi connectivity index (χ1v) is 21.7. The number of benzene rings is 2. The number of aromatic hydroxyl groups is 2. The first-order chi connectivity index (χ1) is 28.9. The van der Waals surface area contributed by atoms with Gasteiger partial charge in [-0.05, 0) is 94.1 Å². The molecule has 2 aromatic rings. The maximum atomic E-state index is 14.0. The fraction of sp³-hybridized carbons (Fsp3) is 0.596. The Morgan fingerprint density at radius 1 is 0.934 bits per heavy atom. The molecule has 0 radical (unpaired) electrons. The topological polar surface area (TPSA) is 215 Å². The summed E-state index contributed by atoms with van der Waals surface area (Å²) in [6.45, 7) is 7.36. The lowest BCUT2D eigenvalue weighted by molar-refractivity contribution is -0.249. The Balaban J connectivity index is 0.940. The molecule has 3 saturated carbocycles. The number of allylic oxidation sites excluding steroid dienone is 1. The van der Waals surface area contributed by atoms with Crippen molar-refractivity contribution in [1.29, 1.82) is 0 Å². The minimum absolute atomic E-state index is 0.0305. The number of carbonyl (C=O) groups is 5. The Hall–Kier alpha value is -4.63. The van der Waals surface area contributed by atoms with Gasteiger partial charge in [0.15, 0.2) is 23.6 Å². The molecule has 1 heterocycles. The number of rotatable bonds is 6. The molecule has 14 nitrogen and oxygen atoms in total. The van der Waals surface area contributed by atoms with Crippen molar-refractivity contribution in [2.75, 3.05) is 7.11 Å². The van der Waals surface area contributed by atoms with Gasteiger partial charge in [-0.25, -0.2) is 4.79 Å². The first-order valence-electron chi connectivity index (χ1n) is 21.7. The molecule has 12 atom stereocenters. The van der Waals surface area contributed by atoms with Crippen molar-refractivity contribution in [3.8, 4) is 17.2 Å². The molecule has 1 amide bonds. The van der Waals surface area contributed by atoms with Crippen molar-refractivity contribution in [2.45, 2.75) is 141 Å². The Morgan fingerprint density at radius 2 is 1.69 bits per heavy atom. The summed E-state index contributed by atoms with van der Waals surface area (Å²) in [5.41, 5.74) is -2.26. The molecule has 9 rings (SSSR count). The standard InChI is InChI=1S/C47H55NO13/c1-21-39(51)30(48-44(56)61-33-12-11-28-25-10-9-23-17-24(50)13-15-45(23,3)29(25)14-16-46(28,33)4)18-34(59-21)60-32-20-47(57,22(2)49)19-27-36(32)43(55)38-37(41(27)53)40(52)26-7-6-8-31(58-5)35(26)42(38)54/h6-8,17,21,25,28-30,32-34,39,51,53,55,57H,9-16,18-20H2,1-5H3,(H,48,56)/t21-,25-,28-,29-,30-,32-,33-,34-,39+,45-,46-,47-/m0/s1. The number of hydrogen-bond donors (Lipinski definition) is 5. The lowest BCUT2D eigenvalue weighted by Crippen LogP contribution is -2.56. The van der Waals surface area contributed by atoms with E-state index in [1.165, 1.54) is 37.8 Å². The summed E-state index contributed by atoms with van der Waals surface area (Å²) < 4.78 is 24.0. The number of fused-ring (bicyclic) bond motifs is 8. The van der Waals surface area contributed by atoms with E-state index in [1.54, 1.807) is 6.92 Å². The molecular formula is C47H55NO13. The fourth-order valence-corrected chi connectivity index (χ4v) is 12.8. The van der Waals surface area contributed by atoms with Gasteiger partial charge in [0.1, 0.15) is 35.1 Å². The highest BCUT2D eigenvalue weighted by Crippen LogP contribution is 2.65. The first kappa shape index (κ1) is 41.7. The smallest absolute Gasteiger partial charge is 0.407 e. The number of aliphatic hydroxyl groups excluding tert-OH is 1. The molecule has 326 valence electrons. The van der Waals surface area contributed by atoms with Crippen LogP contribution >= 0.6 is 0 Å². The number of ether oxygens (including phenoxy) is 4. The molecule has 7 aliphatic rings. The summed E-state index contributed by atoms with van der Waals surface area (Å²) in [5, 5.41) is 49.4. The minimum atomic E-state index is -2.10. The van der Waals surface area contributed by atoms with Gasteiger partial charge in [0.25, 0.3) is 0 Å². The van der Waals surface area contributed by atoms with E-state index < -0.39 is 95.2 Å². The van der Waals surface area contributed by atoms with Crippen LogP contribution in [-0.2, 0) is 30.2 Å². The number of methoxy groups -OCH3 is 1. The van der Waals surface area contributed by atoms with Crippen LogP contribution < -0.4 is 10.1 Å². The molecule has 0 aromatic heterocycles. The monoisotopic (exact) mass is 841 g/mol. The third-order valence-corrected chi connectivity index (χ3v) is 16.2. The summed E-state index contributed by atoms with van der Waals surface area (Å²) in [4.78, 5) is 66.9. The summed E-state index contributed by atoms with van der Waals surface area (Å²) in [5.74, 6) is -1.81. The molecule has 1 saturated heterocycles.